The van der Waals surface area contributed by atoms with Gasteiger partial charge in [0.15, 0.2) is 0 Å². The molecule has 0 aromatic rings. The van der Waals surface area contributed by atoms with Crippen LogP contribution < -0.4 is 0 Å². The van der Waals surface area contributed by atoms with Gasteiger partial charge in [0, 0.05) is 16.9 Å². The van der Waals surface area contributed by atoms with Gasteiger partial charge in [-0.05, 0) is 12.5 Å². The highest BCUT2D eigenvalue weighted by Crippen LogP contribution is 2.54. The third-order valence-corrected chi connectivity index (χ3v) is 4.84. The molecule has 1 unspecified atom stereocenters. The maximum atomic E-state index is 12.1. The van der Waals surface area contributed by atoms with E-state index in [2.05, 4.69) is 11.3 Å². The fourth-order valence-electron chi connectivity index (χ4n) is 3.80. The van der Waals surface area contributed by atoms with Gasteiger partial charge in [-0.15, -0.1) is 0 Å². The molecule has 2 heterocycles. The molecule has 0 radical (unpaired) electrons. The molecule has 1 saturated carbocycles. The molecule has 2 aliphatic heterocycles. The predicted molar refractivity (Wildman–Crippen MR) is 75.1 cm³/mol. The number of allylic oxidation sites excluding steroid dienone is 1. The SMILES string of the molecule is C=C(C(=O)OC)C1[C@@H](O)C[C@@]2(C)C=COC=C3C(=O)O[C@@H]1[C@H]32. The van der Waals surface area contributed by atoms with Gasteiger partial charge in [0.05, 0.1) is 31.0 Å². The molecule has 1 N–H and O–H groups in total. The van der Waals surface area contributed by atoms with E-state index in [0.29, 0.717) is 12.0 Å². The van der Waals surface area contributed by atoms with Crippen molar-refractivity contribution < 1.29 is 28.9 Å². The molecule has 3 aliphatic rings. The van der Waals surface area contributed by atoms with Gasteiger partial charge in [-0.25, -0.2) is 9.59 Å². The average molecular weight is 306 g/mol. The van der Waals surface area contributed by atoms with Gasteiger partial charge in [-0.2, -0.15) is 0 Å². The second-order valence-corrected chi connectivity index (χ2v) is 6.18. The van der Waals surface area contributed by atoms with Crippen LogP contribution >= 0.6 is 0 Å². The molecule has 2 fully saturated rings. The third-order valence-electron chi connectivity index (χ3n) is 4.84. The molecule has 3 rings (SSSR count). The van der Waals surface area contributed by atoms with E-state index in [1.807, 2.05) is 13.0 Å². The summed E-state index contributed by atoms with van der Waals surface area (Å²) >= 11 is 0. The van der Waals surface area contributed by atoms with E-state index in [4.69, 9.17) is 9.47 Å². The lowest BCUT2D eigenvalue weighted by Gasteiger charge is -2.45. The second kappa shape index (κ2) is 4.98. The van der Waals surface area contributed by atoms with E-state index in [9.17, 15) is 14.7 Å². The summed E-state index contributed by atoms with van der Waals surface area (Å²) in [7, 11) is 1.25. The Hall–Kier alpha value is -2.08. The highest BCUT2D eigenvalue weighted by Gasteiger charge is 2.59. The minimum absolute atomic E-state index is 0.116. The first-order valence-corrected chi connectivity index (χ1v) is 7.08. The maximum absolute atomic E-state index is 12.1. The Morgan fingerprint density at radius 2 is 2.27 bits per heavy atom. The highest BCUT2D eigenvalue weighted by molar-refractivity contribution is 5.93. The summed E-state index contributed by atoms with van der Waals surface area (Å²) in [5.74, 6) is -2.08. The number of aliphatic hydroxyl groups excluding tert-OH is 1. The van der Waals surface area contributed by atoms with Gasteiger partial charge in [-0.3, -0.25) is 0 Å². The molecule has 0 bridgehead atoms. The average Bonchev–Trinajstić information content (AvgIpc) is 2.68. The molecule has 0 amide bonds. The van der Waals surface area contributed by atoms with E-state index < -0.39 is 35.5 Å². The van der Waals surface area contributed by atoms with Crippen LogP contribution in [0.25, 0.3) is 0 Å². The van der Waals surface area contributed by atoms with Gasteiger partial charge in [0.1, 0.15) is 12.4 Å². The Morgan fingerprint density at radius 1 is 1.55 bits per heavy atom. The molecule has 0 aromatic heterocycles. The first-order valence-electron chi connectivity index (χ1n) is 7.08. The van der Waals surface area contributed by atoms with E-state index in [0.717, 1.165) is 0 Å². The van der Waals surface area contributed by atoms with Crippen molar-refractivity contribution in [2.24, 2.45) is 17.3 Å². The molecule has 0 spiro atoms. The third kappa shape index (κ3) is 1.98. The van der Waals surface area contributed by atoms with Gasteiger partial charge in [-0.1, -0.05) is 13.5 Å². The van der Waals surface area contributed by atoms with Crippen LogP contribution in [0.3, 0.4) is 0 Å². The number of aliphatic hydroxyl groups is 1. The molecular weight excluding hydrogens is 288 g/mol. The van der Waals surface area contributed by atoms with E-state index in [-0.39, 0.29) is 11.5 Å². The Morgan fingerprint density at radius 3 is 2.95 bits per heavy atom. The van der Waals surface area contributed by atoms with Crippen molar-refractivity contribution >= 4 is 11.9 Å². The van der Waals surface area contributed by atoms with Gasteiger partial charge in [0.2, 0.25) is 0 Å². The molecule has 6 nitrogen and oxygen atoms in total. The summed E-state index contributed by atoms with van der Waals surface area (Å²) < 4.78 is 15.4. The zero-order chi connectivity index (χ0) is 16.1. The van der Waals surface area contributed by atoms with Crippen LogP contribution in [-0.2, 0) is 23.8 Å². The summed E-state index contributed by atoms with van der Waals surface area (Å²) in [4.78, 5) is 23.9. The normalized spacial score (nSPS) is 39.0. The number of rotatable bonds is 2. The van der Waals surface area contributed by atoms with Crippen LogP contribution in [0.5, 0.6) is 0 Å². The molecule has 22 heavy (non-hydrogen) atoms. The monoisotopic (exact) mass is 306 g/mol. The van der Waals surface area contributed by atoms with Crippen molar-refractivity contribution in [1.82, 2.24) is 0 Å². The van der Waals surface area contributed by atoms with E-state index in [1.54, 1.807) is 0 Å². The van der Waals surface area contributed by atoms with Crippen LogP contribution in [0.2, 0.25) is 0 Å². The standard InChI is InChI=1S/C16H18O6/c1-8(14(18)20-3)11-10(17)6-16(2)4-5-21-7-9-12(16)13(11)22-15(9)19/h4-5,7,10-13,17H,1,6H2,2-3H3/t10-,11?,12-,13-,16+/m0/s1. The van der Waals surface area contributed by atoms with Crippen LogP contribution in [0.15, 0.2) is 36.3 Å². The minimum Gasteiger partial charge on any atom is -0.472 e. The smallest absolute Gasteiger partial charge is 0.337 e. The molecule has 118 valence electrons. The first-order chi connectivity index (χ1) is 10.4. The highest BCUT2D eigenvalue weighted by atomic mass is 16.6. The zero-order valence-electron chi connectivity index (χ0n) is 12.4. The summed E-state index contributed by atoms with van der Waals surface area (Å²) in [6, 6.07) is 0. The first kappa shape index (κ1) is 14.8. The van der Waals surface area contributed by atoms with Crippen molar-refractivity contribution in [2.75, 3.05) is 7.11 Å². The van der Waals surface area contributed by atoms with E-state index >= 15 is 0 Å². The molecule has 1 aliphatic carbocycles. The van der Waals surface area contributed by atoms with Gasteiger partial charge in [0.25, 0.3) is 0 Å². The summed E-state index contributed by atoms with van der Waals surface area (Å²) in [5.41, 5.74) is 0.0446. The lowest BCUT2D eigenvalue weighted by molar-refractivity contribution is -0.150. The number of ether oxygens (including phenoxy) is 3. The van der Waals surface area contributed by atoms with Crippen molar-refractivity contribution in [3.8, 4) is 0 Å². The summed E-state index contributed by atoms with van der Waals surface area (Å²) in [5, 5.41) is 10.5. The quantitative estimate of drug-likeness (QED) is 0.607. The van der Waals surface area contributed by atoms with Crippen molar-refractivity contribution in [2.45, 2.75) is 25.6 Å². The van der Waals surface area contributed by atoms with Crippen LogP contribution in [-0.4, -0.2) is 36.4 Å². The Bertz CT molecular complexity index is 604. The Balaban J connectivity index is 2.05. The Labute approximate surface area is 128 Å². The zero-order valence-corrected chi connectivity index (χ0v) is 12.4. The van der Waals surface area contributed by atoms with Crippen LogP contribution in [0.4, 0.5) is 0 Å². The number of carbonyl (C=O) groups excluding carboxylic acids is 2. The molecule has 5 atom stereocenters. The van der Waals surface area contributed by atoms with Crippen molar-refractivity contribution in [3.63, 3.8) is 0 Å². The molecule has 6 heteroatoms. The maximum Gasteiger partial charge on any atom is 0.337 e. The summed E-state index contributed by atoms with van der Waals surface area (Å²) in [6.07, 6.45) is 3.56. The van der Waals surface area contributed by atoms with Gasteiger partial charge < -0.3 is 19.3 Å². The lowest BCUT2D eigenvalue weighted by atomic mass is 9.59. The van der Waals surface area contributed by atoms with Crippen LogP contribution in [0.1, 0.15) is 13.3 Å². The predicted octanol–water partition coefficient (Wildman–Crippen LogP) is 1.07. The number of esters is 2. The number of hydrogen-bond donors (Lipinski definition) is 1. The second-order valence-electron chi connectivity index (χ2n) is 6.18. The van der Waals surface area contributed by atoms with Crippen molar-refractivity contribution in [3.05, 3.63) is 36.3 Å². The largest absolute Gasteiger partial charge is 0.472 e. The number of carbonyl (C=O) groups is 2. The van der Waals surface area contributed by atoms with Crippen LogP contribution in [0, 0.1) is 17.3 Å². The summed E-state index contributed by atoms with van der Waals surface area (Å²) in [6.45, 7) is 5.67. The Kier molecular flexibility index (Phi) is 3.36. The number of methoxy groups -OCH3 is 1. The molecule has 1 saturated heterocycles. The van der Waals surface area contributed by atoms with Gasteiger partial charge >= 0.3 is 11.9 Å². The number of hydrogen-bond acceptors (Lipinski definition) is 6. The fourth-order valence-corrected chi connectivity index (χ4v) is 3.80. The minimum atomic E-state index is -0.868. The topological polar surface area (TPSA) is 82.1 Å². The van der Waals surface area contributed by atoms with Crippen molar-refractivity contribution in [1.29, 1.82) is 0 Å². The lowest BCUT2D eigenvalue weighted by Crippen LogP contribution is -2.51. The fraction of sp³-hybridized carbons (Fsp3) is 0.500. The van der Waals surface area contributed by atoms with E-state index in [1.165, 1.54) is 19.6 Å². The molecule has 0 aromatic carbocycles. The molecular formula is C16H18O6.